The number of carbonyl (C=O) groups is 1. The molecule has 1 unspecified atom stereocenters. The van der Waals surface area contributed by atoms with E-state index in [1.807, 2.05) is 37.3 Å². The van der Waals surface area contributed by atoms with Crippen molar-refractivity contribution in [1.82, 2.24) is 23.8 Å². The zero-order valence-corrected chi connectivity index (χ0v) is 18.9. The molecule has 1 aliphatic rings. The van der Waals surface area contributed by atoms with Gasteiger partial charge in [-0.15, -0.1) is 0 Å². The van der Waals surface area contributed by atoms with E-state index in [0.717, 1.165) is 12.0 Å². The molecule has 1 atom stereocenters. The second-order valence-corrected chi connectivity index (χ2v) is 9.98. The molecule has 33 heavy (non-hydrogen) atoms. The fourth-order valence-electron chi connectivity index (χ4n) is 4.05. The molecule has 0 saturated carbocycles. The smallest absolute Gasteiger partial charge is 0.274 e. The van der Waals surface area contributed by atoms with Gasteiger partial charge in [-0.1, -0.05) is 23.4 Å². The number of nitrogens with zero attached hydrogens (tertiary/aromatic N) is 5. The van der Waals surface area contributed by atoms with Crippen LogP contribution in [0.15, 0.2) is 53.3 Å². The molecule has 0 radical (unpaired) electrons. The predicted octanol–water partition coefficient (Wildman–Crippen LogP) is 3.04. The average molecular weight is 467 g/mol. The molecule has 3 aromatic heterocycles. The Kier molecular flexibility index (Phi) is 5.22. The van der Waals surface area contributed by atoms with E-state index >= 15 is 0 Å². The van der Waals surface area contributed by atoms with Crippen LogP contribution < -0.4 is 5.32 Å². The number of amides is 1. The lowest BCUT2D eigenvalue weighted by Crippen LogP contribution is -2.29. The molecular weight excluding hydrogens is 444 g/mol. The summed E-state index contributed by atoms with van der Waals surface area (Å²) in [5.41, 5.74) is 3.21. The number of nitrogens with one attached hydrogen (secondary N) is 1. The van der Waals surface area contributed by atoms with Gasteiger partial charge in [-0.25, -0.2) is 13.4 Å². The summed E-state index contributed by atoms with van der Waals surface area (Å²) >= 11 is 0. The standard InChI is InChI=1S/C22H22N6O4S/c1-14-8-9-15(20-25-22(32-26-20)17-6-5-11-28(17)33(2,30)31)12-16(14)24-21(29)18-13-23-19-7-3-4-10-27(18)19/h3-4,7-10,12-13,17H,5-6,11H2,1-2H3,(H,24,29). The number of hydrogen-bond acceptors (Lipinski definition) is 7. The summed E-state index contributed by atoms with van der Waals surface area (Å²) in [4.78, 5) is 21.6. The largest absolute Gasteiger partial charge is 0.337 e. The van der Waals surface area contributed by atoms with E-state index in [9.17, 15) is 13.2 Å². The third-order valence-electron chi connectivity index (χ3n) is 5.75. The summed E-state index contributed by atoms with van der Waals surface area (Å²) < 4.78 is 32.6. The van der Waals surface area contributed by atoms with Crippen LogP contribution in [0.2, 0.25) is 0 Å². The summed E-state index contributed by atoms with van der Waals surface area (Å²) in [6, 6.07) is 10.5. The molecule has 0 spiro atoms. The van der Waals surface area contributed by atoms with E-state index < -0.39 is 16.1 Å². The quantitative estimate of drug-likeness (QED) is 0.479. The van der Waals surface area contributed by atoms with Crippen molar-refractivity contribution in [2.24, 2.45) is 0 Å². The molecule has 1 aliphatic heterocycles. The van der Waals surface area contributed by atoms with Crippen LogP contribution in [0.5, 0.6) is 0 Å². The maximum absolute atomic E-state index is 12.9. The van der Waals surface area contributed by atoms with Crippen molar-refractivity contribution in [2.75, 3.05) is 18.1 Å². The molecule has 11 heteroatoms. The topological polar surface area (TPSA) is 123 Å². The van der Waals surface area contributed by atoms with Crippen LogP contribution in [0, 0.1) is 6.92 Å². The van der Waals surface area contributed by atoms with Gasteiger partial charge in [0.1, 0.15) is 17.4 Å². The molecular formula is C22H22N6O4S. The zero-order valence-electron chi connectivity index (χ0n) is 18.1. The minimum absolute atomic E-state index is 0.268. The van der Waals surface area contributed by atoms with Crippen molar-refractivity contribution < 1.29 is 17.7 Å². The van der Waals surface area contributed by atoms with Crippen LogP contribution in [0.1, 0.15) is 40.8 Å². The maximum atomic E-state index is 12.9. The van der Waals surface area contributed by atoms with Crippen molar-refractivity contribution in [3.05, 3.63) is 65.9 Å². The number of benzene rings is 1. The lowest BCUT2D eigenvalue weighted by molar-refractivity contribution is 0.102. The van der Waals surface area contributed by atoms with Gasteiger partial charge in [0.15, 0.2) is 0 Å². The van der Waals surface area contributed by atoms with Crippen molar-refractivity contribution in [3.63, 3.8) is 0 Å². The second-order valence-electron chi connectivity index (χ2n) is 8.04. The molecule has 0 aliphatic carbocycles. The Labute approximate surface area is 190 Å². The number of hydrogen-bond donors (Lipinski definition) is 1. The summed E-state index contributed by atoms with van der Waals surface area (Å²) in [5.74, 6) is 0.304. The highest BCUT2D eigenvalue weighted by Gasteiger charge is 2.36. The molecule has 0 bridgehead atoms. The molecule has 10 nitrogen and oxygen atoms in total. The zero-order chi connectivity index (χ0) is 23.2. The highest BCUT2D eigenvalue weighted by atomic mass is 32.2. The molecule has 1 aromatic carbocycles. The second kappa shape index (κ2) is 8.09. The average Bonchev–Trinajstić information content (AvgIpc) is 3.53. The summed E-state index contributed by atoms with van der Waals surface area (Å²) in [6.45, 7) is 2.32. The van der Waals surface area contributed by atoms with Crippen LogP contribution in [0.25, 0.3) is 17.0 Å². The molecule has 1 N–H and O–H groups in total. The predicted molar refractivity (Wildman–Crippen MR) is 121 cm³/mol. The van der Waals surface area contributed by atoms with E-state index in [-0.39, 0.29) is 11.8 Å². The summed E-state index contributed by atoms with van der Waals surface area (Å²) in [6.07, 6.45) is 5.86. The Morgan fingerprint density at radius 1 is 1.24 bits per heavy atom. The maximum Gasteiger partial charge on any atom is 0.274 e. The Hall–Kier alpha value is -3.57. The molecule has 1 saturated heterocycles. The number of imidazole rings is 1. The van der Waals surface area contributed by atoms with Crippen molar-refractivity contribution in [1.29, 1.82) is 0 Å². The van der Waals surface area contributed by atoms with Crippen LogP contribution >= 0.6 is 0 Å². The lowest BCUT2D eigenvalue weighted by atomic mass is 10.1. The highest BCUT2D eigenvalue weighted by Crippen LogP contribution is 2.34. The number of sulfonamides is 1. The first kappa shape index (κ1) is 21.3. The van der Waals surface area contributed by atoms with Gasteiger partial charge < -0.3 is 9.84 Å². The van der Waals surface area contributed by atoms with E-state index in [0.29, 0.717) is 41.4 Å². The van der Waals surface area contributed by atoms with Gasteiger partial charge in [0.05, 0.1) is 12.5 Å². The molecule has 1 amide bonds. The van der Waals surface area contributed by atoms with Crippen molar-refractivity contribution >= 4 is 27.3 Å². The first-order chi connectivity index (χ1) is 15.8. The molecule has 4 aromatic rings. The minimum atomic E-state index is -3.37. The van der Waals surface area contributed by atoms with Crippen molar-refractivity contribution in [2.45, 2.75) is 25.8 Å². The monoisotopic (exact) mass is 466 g/mol. The van der Waals surface area contributed by atoms with Crippen LogP contribution in [0.4, 0.5) is 5.69 Å². The first-order valence-corrected chi connectivity index (χ1v) is 12.3. The highest BCUT2D eigenvalue weighted by molar-refractivity contribution is 7.88. The SMILES string of the molecule is Cc1ccc(-c2noc(C3CCCN3S(C)(=O)=O)n2)cc1NC(=O)c1cnc2ccccn12. The number of aromatic nitrogens is 4. The lowest BCUT2D eigenvalue weighted by Gasteiger charge is -2.18. The Bertz CT molecular complexity index is 1460. The third-order valence-corrected chi connectivity index (χ3v) is 7.04. The van der Waals surface area contributed by atoms with E-state index in [2.05, 4.69) is 20.4 Å². The first-order valence-electron chi connectivity index (χ1n) is 10.5. The molecule has 1 fully saturated rings. The van der Waals surface area contributed by atoms with E-state index in [4.69, 9.17) is 4.52 Å². The van der Waals surface area contributed by atoms with Gasteiger partial charge >= 0.3 is 0 Å². The van der Waals surface area contributed by atoms with Gasteiger partial charge in [0.25, 0.3) is 5.91 Å². The van der Waals surface area contributed by atoms with Gasteiger partial charge in [-0.3, -0.25) is 9.20 Å². The number of rotatable bonds is 5. The van der Waals surface area contributed by atoms with Crippen molar-refractivity contribution in [3.8, 4) is 11.4 Å². The van der Waals surface area contributed by atoms with Crippen LogP contribution in [-0.2, 0) is 10.0 Å². The fraction of sp³-hybridized carbons (Fsp3) is 0.273. The summed E-state index contributed by atoms with van der Waals surface area (Å²) in [5, 5.41) is 6.98. The molecule has 4 heterocycles. The van der Waals surface area contributed by atoms with E-state index in [1.54, 1.807) is 16.7 Å². The third kappa shape index (κ3) is 4.00. The number of carbonyl (C=O) groups excluding carboxylic acids is 1. The molecule has 170 valence electrons. The minimum Gasteiger partial charge on any atom is -0.337 e. The number of fused-ring (bicyclic) bond motifs is 1. The Morgan fingerprint density at radius 2 is 2.09 bits per heavy atom. The normalized spacial score (nSPS) is 17.0. The summed E-state index contributed by atoms with van der Waals surface area (Å²) in [7, 11) is -3.37. The number of anilines is 1. The number of aryl methyl sites for hydroxylation is 1. The Balaban J connectivity index is 1.41. The van der Waals surface area contributed by atoms with Gasteiger partial charge in [-0.05, 0) is 43.5 Å². The Morgan fingerprint density at radius 3 is 2.91 bits per heavy atom. The van der Waals surface area contributed by atoms with Gasteiger partial charge in [0, 0.05) is 24.0 Å². The number of pyridine rings is 1. The fourth-order valence-corrected chi connectivity index (χ4v) is 5.17. The molecule has 5 rings (SSSR count). The van der Waals surface area contributed by atoms with Crippen LogP contribution in [0.3, 0.4) is 0 Å². The van der Waals surface area contributed by atoms with Crippen LogP contribution in [-0.4, -0.2) is 51.0 Å². The van der Waals surface area contributed by atoms with E-state index in [1.165, 1.54) is 16.8 Å². The van der Waals surface area contributed by atoms with Gasteiger partial charge in [0.2, 0.25) is 21.7 Å². The van der Waals surface area contributed by atoms with Gasteiger partial charge in [-0.2, -0.15) is 9.29 Å².